The number of carbonyl (C=O) groups is 2. The summed E-state index contributed by atoms with van der Waals surface area (Å²) in [7, 11) is 0. The summed E-state index contributed by atoms with van der Waals surface area (Å²) >= 11 is 0. The van der Waals surface area contributed by atoms with Crippen molar-refractivity contribution in [3.63, 3.8) is 0 Å². The number of aliphatic carboxylic acids is 1. The number of alkyl halides is 3. The molecule has 0 radical (unpaired) electrons. The van der Waals surface area contributed by atoms with Gasteiger partial charge in [-0.05, 0) is 20.8 Å². The Morgan fingerprint density at radius 3 is 2.11 bits per heavy atom. The average molecular weight is 284 g/mol. The van der Waals surface area contributed by atoms with Gasteiger partial charge in [-0.15, -0.1) is 0 Å². The lowest BCUT2D eigenvalue weighted by Gasteiger charge is -2.33. The van der Waals surface area contributed by atoms with Crippen molar-refractivity contribution in [2.45, 2.75) is 39.4 Å². The minimum absolute atomic E-state index is 0.105. The van der Waals surface area contributed by atoms with Crippen LogP contribution in [0.4, 0.5) is 18.0 Å². The first-order valence-corrected chi connectivity index (χ1v) is 5.92. The zero-order chi connectivity index (χ0) is 15.2. The first kappa shape index (κ1) is 17.5. The molecule has 0 aromatic rings. The van der Waals surface area contributed by atoms with Crippen molar-refractivity contribution in [2.24, 2.45) is 0 Å². The predicted molar refractivity (Wildman–Crippen MR) is 62.8 cm³/mol. The summed E-state index contributed by atoms with van der Waals surface area (Å²) in [6, 6.07) is -1.41. The number of carboxylic acids is 1. The van der Waals surface area contributed by atoms with E-state index in [1.807, 2.05) is 0 Å². The molecule has 5 nitrogen and oxygen atoms in total. The summed E-state index contributed by atoms with van der Waals surface area (Å²) < 4.78 is 37.2. The number of hydrogen-bond acceptors (Lipinski definition) is 2. The van der Waals surface area contributed by atoms with E-state index in [-0.39, 0.29) is 19.5 Å². The molecule has 112 valence electrons. The van der Waals surface area contributed by atoms with Crippen molar-refractivity contribution in [3.8, 4) is 0 Å². The van der Waals surface area contributed by atoms with Gasteiger partial charge in [-0.2, -0.15) is 13.2 Å². The fourth-order valence-electron chi connectivity index (χ4n) is 1.47. The Hall–Kier alpha value is -1.47. The molecule has 19 heavy (non-hydrogen) atoms. The molecule has 0 atom stereocenters. The highest BCUT2D eigenvalue weighted by atomic mass is 19.4. The molecule has 0 aliphatic carbocycles. The second-order valence-electron chi connectivity index (χ2n) is 4.34. The van der Waals surface area contributed by atoms with Gasteiger partial charge in [-0.3, -0.25) is 4.79 Å². The van der Waals surface area contributed by atoms with Crippen molar-refractivity contribution in [3.05, 3.63) is 0 Å². The summed E-state index contributed by atoms with van der Waals surface area (Å²) in [6.07, 6.45) is -4.77. The number of nitrogens with zero attached hydrogens (tertiary/aromatic N) is 2. The van der Waals surface area contributed by atoms with Gasteiger partial charge in [-0.1, -0.05) is 0 Å². The number of carboxylic acid groups (broad SMARTS) is 1. The molecule has 0 saturated carbocycles. The molecule has 0 aromatic heterocycles. The Morgan fingerprint density at radius 1 is 1.26 bits per heavy atom. The van der Waals surface area contributed by atoms with E-state index in [1.54, 1.807) is 6.92 Å². The molecule has 0 saturated heterocycles. The van der Waals surface area contributed by atoms with Gasteiger partial charge < -0.3 is 14.9 Å². The largest absolute Gasteiger partial charge is 0.481 e. The van der Waals surface area contributed by atoms with Gasteiger partial charge in [0.2, 0.25) is 0 Å². The van der Waals surface area contributed by atoms with E-state index < -0.39 is 30.8 Å². The maximum atomic E-state index is 12.4. The highest BCUT2D eigenvalue weighted by Crippen LogP contribution is 2.19. The maximum Gasteiger partial charge on any atom is 0.406 e. The predicted octanol–water partition coefficient (Wildman–Crippen LogP) is 2.18. The van der Waals surface area contributed by atoms with Crippen molar-refractivity contribution < 1.29 is 27.9 Å². The SMILES string of the molecule is CCN(CCC(=O)O)C(=O)N(CC(F)(F)F)C(C)C. The molecular weight excluding hydrogens is 265 g/mol. The third kappa shape index (κ3) is 6.88. The second-order valence-corrected chi connectivity index (χ2v) is 4.34. The molecule has 2 amide bonds. The monoisotopic (exact) mass is 284 g/mol. The lowest BCUT2D eigenvalue weighted by Crippen LogP contribution is -2.50. The first-order valence-electron chi connectivity index (χ1n) is 5.92. The van der Waals surface area contributed by atoms with Crippen LogP contribution < -0.4 is 0 Å². The van der Waals surface area contributed by atoms with Crippen LogP contribution in [0.15, 0.2) is 0 Å². The van der Waals surface area contributed by atoms with Crippen LogP contribution in [-0.4, -0.2) is 58.8 Å². The standard InChI is InChI=1S/C11H19F3N2O3/c1-4-15(6-5-9(17)18)10(19)16(8(2)3)7-11(12,13)14/h8H,4-7H2,1-3H3,(H,17,18). The topological polar surface area (TPSA) is 60.9 Å². The molecule has 0 heterocycles. The van der Waals surface area contributed by atoms with Gasteiger partial charge in [0.25, 0.3) is 0 Å². The van der Waals surface area contributed by atoms with Crippen molar-refractivity contribution in [1.82, 2.24) is 9.80 Å². The molecular formula is C11H19F3N2O3. The van der Waals surface area contributed by atoms with E-state index in [9.17, 15) is 22.8 Å². The lowest BCUT2D eigenvalue weighted by atomic mass is 10.3. The maximum absolute atomic E-state index is 12.4. The first-order chi connectivity index (χ1) is 8.58. The summed E-state index contributed by atoms with van der Waals surface area (Å²) in [5.41, 5.74) is 0. The molecule has 0 bridgehead atoms. The van der Waals surface area contributed by atoms with Crippen LogP contribution in [0.2, 0.25) is 0 Å². The molecule has 0 aromatic carbocycles. The Morgan fingerprint density at radius 2 is 1.79 bits per heavy atom. The minimum Gasteiger partial charge on any atom is -0.481 e. The Kier molecular flexibility index (Phi) is 6.64. The van der Waals surface area contributed by atoms with Gasteiger partial charge in [0.15, 0.2) is 0 Å². The second kappa shape index (κ2) is 7.20. The number of urea groups is 1. The minimum atomic E-state index is -4.48. The van der Waals surface area contributed by atoms with Gasteiger partial charge in [0, 0.05) is 19.1 Å². The summed E-state index contributed by atoms with van der Waals surface area (Å²) in [6.45, 7) is 3.27. The molecule has 8 heteroatoms. The molecule has 1 N–H and O–H groups in total. The van der Waals surface area contributed by atoms with E-state index in [2.05, 4.69) is 0 Å². The van der Waals surface area contributed by atoms with Crippen LogP contribution in [0, 0.1) is 0 Å². The van der Waals surface area contributed by atoms with E-state index in [1.165, 1.54) is 13.8 Å². The van der Waals surface area contributed by atoms with E-state index in [0.717, 1.165) is 4.90 Å². The molecule has 0 rings (SSSR count). The van der Waals surface area contributed by atoms with Gasteiger partial charge in [0.1, 0.15) is 6.54 Å². The fourth-order valence-corrected chi connectivity index (χ4v) is 1.47. The molecule has 0 fully saturated rings. The van der Waals surface area contributed by atoms with Crippen LogP contribution in [0.5, 0.6) is 0 Å². The van der Waals surface area contributed by atoms with Crippen LogP contribution >= 0.6 is 0 Å². The zero-order valence-electron chi connectivity index (χ0n) is 11.2. The third-order valence-electron chi connectivity index (χ3n) is 2.47. The van der Waals surface area contributed by atoms with Crippen LogP contribution in [0.3, 0.4) is 0 Å². The van der Waals surface area contributed by atoms with Crippen molar-refractivity contribution in [2.75, 3.05) is 19.6 Å². The van der Waals surface area contributed by atoms with Gasteiger partial charge in [0.05, 0.1) is 6.42 Å². The molecule has 0 aliphatic heterocycles. The van der Waals surface area contributed by atoms with Crippen LogP contribution in [0.25, 0.3) is 0 Å². The Balaban J connectivity index is 4.80. The summed E-state index contributed by atoms with van der Waals surface area (Å²) in [4.78, 5) is 24.2. The highest BCUT2D eigenvalue weighted by molar-refractivity contribution is 5.75. The van der Waals surface area contributed by atoms with Crippen LogP contribution in [0.1, 0.15) is 27.2 Å². The summed E-state index contributed by atoms with van der Waals surface area (Å²) in [5.74, 6) is -1.10. The molecule has 0 spiro atoms. The molecule has 0 aliphatic rings. The summed E-state index contributed by atoms with van der Waals surface area (Å²) in [5, 5.41) is 8.54. The Labute approximate surface area is 110 Å². The lowest BCUT2D eigenvalue weighted by molar-refractivity contribution is -0.144. The van der Waals surface area contributed by atoms with Crippen molar-refractivity contribution >= 4 is 12.0 Å². The highest BCUT2D eigenvalue weighted by Gasteiger charge is 2.35. The number of hydrogen-bond donors (Lipinski definition) is 1. The molecule has 0 unspecified atom stereocenters. The average Bonchev–Trinajstić information content (AvgIpc) is 2.24. The van der Waals surface area contributed by atoms with Gasteiger partial charge in [-0.25, -0.2) is 4.79 Å². The van der Waals surface area contributed by atoms with Gasteiger partial charge >= 0.3 is 18.2 Å². The fraction of sp³-hybridized carbons (Fsp3) is 0.818. The van der Waals surface area contributed by atoms with E-state index in [4.69, 9.17) is 5.11 Å². The smallest absolute Gasteiger partial charge is 0.406 e. The van der Waals surface area contributed by atoms with E-state index >= 15 is 0 Å². The van der Waals surface area contributed by atoms with Crippen molar-refractivity contribution in [1.29, 1.82) is 0 Å². The number of rotatable bonds is 6. The number of carbonyl (C=O) groups excluding carboxylic acids is 1. The zero-order valence-corrected chi connectivity index (χ0v) is 11.2. The van der Waals surface area contributed by atoms with E-state index in [0.29, 0.717) is 4.90 Å². The number of amides is 2. The van der Waals surface area contributed by atoms with Crippen LogP contribution in [-0.2, 0) is 4.79 Å². The third-order valence-corrected chi connectivity index (χ3v) is 2.47. The number of halogens is 3. The quantitative estimate of drug-likeness (QED) is 0.813. The Bertz CT molecular complexity index is 319. The normalized spacial score (nSPS) is 11.5.